The highest BCUT2D eigenvalue weighted by molar-refractivity contribution is 7.09. The Kier molecular flexibility index (Phi) is 4.14. The van der Waals surface area contributed by atoms with E-state index in [4.69, 9.17) is 5.11 Å². The number of aromatic carboxylic acids is 1. The molecule has 0 spiro atoms. The molecular formula is C14H14N2O3S. The Morgan fingerprint density at radius 3 is 2.35 bits per heavy atom. The first-order valence-corrected chi connectivity index (χ1v) is 6.85. The van der Waals surface area contributed by atoms with Gasteiger partial charge in [-0.1, -0.05) is 0 Å². The van der Waals surface area contributed by atoms with Crippen LogP contribution in [0.5, 0.6) is 0 Å². The van der Waals surface area contributed by atoms with Crippen LogP contribution >= 0.6 is 11.3 Å². The Labute approximate surface area is 120 Å². The van der Waals surface area contributed by atoms with Gasteiger partial charge < -0.3 is 10.0 Å². The molecule has 0 aliphatic rings. The van der Waals surface area contributed by atoms with Gasteiger partial charge in [-0.15, -0.1) is 11.3 Å². The van der Waals surface area contributed by atoms with Crippen LogP contribution in [0.15, 0.2) is 29.8 Å². The summed E-state index contributed by atoms with van der Waals surface area (Å²) in [5.74, 6) is -1.15. The van der Waals surface area contributed by atoms with Crippen LogP contribution < -0.4 is 0 Å². The summed E-state index contributed by atoms with van der Waals surface area (Å²) in [7, 11) is 1.71. The van der Waals surface area contributed by atoms with Crippen molar-refractivity contribution in [2.75, 3.05) is 7.05 Å². The Bertz CT molecular complexity index is 634. The summed E-state index contributed by atoms with van der Waals surface area (Å²) in [6.45, 7) is 2.40. The van der Waals surface area contributed by atoms with Crippen LogP contribution in [0.25, 0.3) is 0 Å². The molecule has 1 N–H and O–H groups in total. The molecule has 6 heteroatoms. The molecule has 104 valence electrons. The number of aryl methyl sites for hydroxylation is 1. The Morgan fingerprint density at radius 1 is 1.25 bits per heavy atom. The SMILES string of the molecule is Cc1ncsc1CN(C)C(=O)c1ccc(C(=O)O)cc1. The summed E-state index contributed by atoms with van der Waals surface area (Å²) < 4.78 is 0. The van der Waals surface area contributed by atoms with E-state index >= 15 is 0 Å². The second-order valence-corrected chi connectivity index (χ2v) is 5.34. The summed E-state index contributed by atoms with van der Waals surface area (Å²) in [5.41, 5.74) is 3.32. The van der Waals surface area contributed by atoms with Crippen molar-refractivity contribution in [2.45, 2.75) is 13.5 Å². The molecule has 0 fully saturated rings. The van der Waals surface area contributed by atoms with Crippen molar-refractivity contribution in [3.63, 3.8) is 0 Å². The lowest BCUT2D eigenvalue weighted by Gasteiger charge is -2.16. The molecule has 0 unspecified atom stereocenters. The lowest BCUT2D eigenvalue weighted by atomic mass is 10.1. The maximum Gasteiger partial charge on any atom is 0.335 e. The molecule has 0 atom stereocenters. The summed E-state index contributed by atoms with van der Waals surface area (Å²) in [4.78, 5) is 29.8. The molecule has 1 aromatic carbocycles. The van der Waals surface area contributed by atoms with Gasteiger partial charge in [0.1, 0.15) is 0 Å². The number of thiazole rings is 1. The predicted octanol–water partition coefficient (Wildman–Crippen LogP) is 2.42. The van der Waals surface area contributed by atoms with E-state index in [2.05, 4.69) is 4.98 Å². The van der Waals surface area contributed by atoms with Gasteiger partial charge in [-0.3, -0.25) is 4.79 Å². The lowest BCUT2D eigenvalue weighted by molar-refractivity contribution is 0.0695. The van der Waals surface area contributed by atoms with Crippen LogP contribution in [0.2, 0.25) is 0 Å². The van der Waals surface area contributed by atoms with E-state index in [0.717, 1.165) is 10.6 Å². The Hall–Kier alpha value is -2.21. The van der Waals surface area contributed by atoms with Crippen LogP contribution in [0.1, 0.15) is 31.3 Å². The zero-order chi connectivity index (χ0) is 14.7. The van der Waals surface area contributed by atoms with Crippen LogP contribution in [-0.4, -0.2) is 33.9 Å². The third-order valence-corrected chi connectivity index (χ3v) is 3.87. The van der Waals surface area contributed by atoms with E-state index in [-0.39, 0.29) is 11.5 Å². The number of aromatic nitrogens is 1. The first-order valence-electron chi connectivity index (χ1n) is 5.97. The summed E-state index contributed by atoms with van der Waals surface area (Å²) in [5, 5.41) is 8.82. The van der Waals surface area contributed by atoms with Crippen molar-refractivity contribution in [1.82, 2.24) is 9.88 Å². The van der Waals surface area contributed by atoms with Gasteiger partial charge in [0, 0.05) is 17.5 Å². The quantitative estimate of drug-likeness (QED) is 0.938. The second-order valence-electron chi connectivity index (χ2n) is 4.40. The predicted molar refractivity (Wildman–Crippen MR) is 76.0 cm³/mol. The minimum absolute atomic E-state index is 0.144. The van der Waals surface area contributed by atoms with E-state index in [1.165, 1.54) is 35.6 Å². The van der Waals surface area contributed by atoms with Gasteiger partial charge >= 0.3 is 5.97 Å². The topological polar surface area (TPSA) is 70.5 Å². The number of carboxylic acids is 1. The number of hydrogen-bond donors (Lipinski definition) is 1. The van der Waals surface area contributed by atoms with Gasteiger partial charge in [-0.2, -0.15) is 0 Å². The molecule has 0 saturated carbocycles. The lowest BCUT2D eigenvalue weighted by Crippen LogP contribution is -2.26. The molecule has 20 heavy (non-hydrogen) atoms. The van der Waals surface area contributed by atoms with Gasteiger partial charge in [-0.05, 0) is 31.2 Å². The summed E-state index contributed by atoms with van der Waals surface area (Å²) >= 11 is 1.51. The fourth-order valence-electron chi connectivity index (χ4n) is 1.74. The van der Waals surface area contributed by atoms with Gasteiger partial charge in [0.15, 0.2) is 0 Å². The number of carbonyl (C=O) groups excluding carboxylic acids is 1. The number of benzene rings is 1. The Morgan fingerprint density at radius 2 is 1.85 bits per heavy atom. The fourth-order valence-corrected chi connectivity index (χ4v) is 2.57. The Balaban J connectivity index is 2.10. The molecule has 1 aromatic heterocycles. The van der Waals surface area contributed by atoms with Crippen LogP contribution in [-0.2, 0) is 6.54 Å². The van der Waals surface area contributed by atoms with Crippen molar-refractivity contribution in [2.24, 2.45) is 0 Å². The fraction of sp³-hybridized carbons (Fsp3) is 0.214. The van der Waals surface area contributed by atoms with Crippen LogP contribution in [0, 0.1) is 6.92 Å². The van der Waals surface area contributed by atoms with Crippen LogP contribution in [0.4, 0.5) is 0 Å². The number of nitrogens with zero attached hydrogens (tertiary/aromatic N) is 2. The highest BCUT2D eigenvalue weighted by atomic mass is 32.1. The molecule has 2 aromatic rings. The molecular weight excluding hydrogens is 276 g/mol. The summed E-state index contributed by atoms with van der Waals surface area (Å²) in [6.07, 6.45) is 0. The minimum atomic E-state index is -1.00. The van der Waals surface area contributed by atoms with Crippen molar-refractivity contribution >= 4 is 23.2 Å². The number of hydrogen-bond acceptors (Lipinski definition) is 4. The van der Waals surface area contributed by atoms with Gasteiger partial charge in [0.2, 0.25) is 0 Å². The molecule has 0 saturated heterocycles. The molecule has 0 aliphatic heterocycles. The maximum atomic E-state index is 12.2. The molecule has 0 bridgehead atoms. The average Bonchev–Trinajstić information content (AvgIpc) is 2.83. The van der Waals surface area contributed by atoms with E-state index in [0.29, 0.717) is 12.1 Å². The smallest absolute Gasteiger partial charge is 0.335 e. The molecule has 5 nitrogen and oxygen atoms in total. The first kappa shape index (κ1) is 14.2. The molecule has 1 amide bonds. The van der Waals surface area contributed by atoms with Crippen LogP contribution in [0.3, 0.4) is 0 Å². The average molecular weight is 290 g/mol. The van der Waals surface area contributed by atoms with Crippen molar-refractivity contribution < 1.29 is 14.7 Å². The number of carbonyl (C=O) groups is 2. The van der Waals surface area contributed by atoms with E-state index in [1.807, 2.05) is 6.92 Å². The normalized spacial score (nSPS) is 10.3. The molecule has 1 heterocycles. The molecule has 2 rings (SSSR count). The highest BCUT2D eigenvalue weighted by Crippen LogP contribution is 2.16. The zero-order valence-electron chi connectivity index (χ0n) is 11.2. The number of amides is 1. The maximum absolute atomic E-state index is 12.2. The van der Waals surface area contributed by atoms with E-state index < -0.39 is 5.97 Å². The van der Waals surface area contributed by atoms with Crippen molar-refractivity contribution in [3.8, 4) is 0 Å². The third-order valence-electron chi connectivity index (χ3n) is 2.95. The molecule has 0 aliphatic carbocycles. The standard InChI is InChI=1S/C14H14N2O3S/c1-9-12(20-8-15-9)7-16(2)13(17)10-3-5-11(6-4-10)14(18)19/h3-6,8H,7H2,1-2H3,(H,18,19). The summed E-state index contributed by atoms with van der Waals surface area (Å²) in [6, 6.07) is 5.92. The monoisotopic (exact) mass is 290 g/mol. The molecule has 0 radical (unpaired) electrons. The van der Waals surface area contributed by atoms with Gasteiger partial charge in [0.05, 0.1) is 23.3 Å². The number of rotatable bonds is 4. The highest BCUT2D eigenvalue weighted by Gasteiger charge is 2.14. The zero-order valence-corrected chi connectivity index (χ0v) is 12.0. The van der Waals surface area contributed by atoms with Gasteiger partial charge in [0.25, 0.3) is 5.91 Å². The van der Waals surface area contributed by atoms with Gasteiger partial charge in [-0.25, -0.2) is 9.78 Å². The largest absolute Gasteiger partial charge is 0.478 e. The number of carboxylic acid groups (broad SMARTS) is 1. The van der Waals surface area contributed by atoms with E-state index in [9.17, 15) is 9.59 Å². The third kappa shape index (κ3) is 3.03. The van der Waals surface area contributed by atoms with E-state index in [1.54, 1.807) is 17.5 Å². The first-order chi connectivity index (χ1) is 9.49. The van der Waals surface area contributed by atoms with Crippen molar-refractivity contribution in [1.29, 1.82) is 0 Å². The van der Waals surface area contributed by atoms with Crippen molar-refractivity contribution in [3.05, 3.63) is 51.5 Å². The second kappa shape index (κ2) is 5.83. The minimum Gasteiger partial charge on any atom is -0.478 e.